The maximum absolute atomic E-state index is 11.5. The topological polar surface area (TPSA) is 104 Å². The van der Waals surface area contributed by atoms with Crippen molar-refractivity contribution in [3.05, 3.63) is 73.0 Å². The van der Waals surface area contributed by atoms with Gasteiger partial charge in [-0.2, -0.15) is 15.5 Å². The first-order valence-corrected chi connectivity index (χ1v) is 11.1. The minimum absolute atomic E-state index is 0.280. The summed E-state index contributed by atoms with van der Waals surface area (Å²) in [5, 5.41) is 21.1. The Labute approximate surface area is 196 Å². The number of pyridine rings is 2. The lowest BCUT2D eigenvalue weighted by Gasteiger charge is -2.34. The van der Waals surface area contributed by atoms with Gasteiger partial charge in [0.25, 0.3) is 0 Å². The molecule has 0 aromatic carbocycles. The van der Waals surface area contributed by atoms with Crippen molar-refractivity contribution in [3.63, 3.8) is 0 Å². The molecular weight excluding hydrogens is 428 g/mol. The number of aromatic nitrogens is 5. The van der Waals surface area contributed by atoms with E-state index in [-0.39, 0.29) is 5.91 Å². The van der Waals surface area contributed by atoms with Crippen LogP contribution in [0.3, 0.4) is 0 Å². The van der Waals surface area contributed by atoms with E-state index in [0.717, 1.165) is 53.8 Å². The monoisotopic (exact) mass is 452 g/mol. The number of nitriles is 1. The number of carbonyl (C=O) groups is 1. The highest BCUT2D eigenvalue weighted by Crippen LogP contribution is 2.36. The first kappa shape index (κ1) is 21.4. The molecule has 34 heavy (non-hydrogen) atoms. The predicted molar refractivity (Wildman–Crippen MR) is 129 cm³/mol. The van der Waals surface area contributed by atoms with Crippen LogP contribution < -0.4 is 10.2 Å². The number of nitrogens with zero attached hydrogens (tertiary/aromatic N) is 7. The van der Waals surface area contributed by atoms with Crippen LogP contribution in [0, 0.1) is 11.3 Å². The van der Waals surface area contributed by atoms with Gasteiger partial charge in [-0.05, 0) is 48.6 Å². The van der Waals surface area contributed by atoms with E-state index in [0.29, 0.717) is 17.3 Å². The van der Waals surface area contributed by atoms with Gasteiger partial charge in [0.2, 0.25) is 5.91 Å². The molecule has 5 rings (SSSR count). The number of amides is 1. The molecular formula is C25H24N8O. The number of piperidine rings is 1. The van der Waals surface area contributed by atoms with Crippen molar-refractivity contribution < 1.29 is 4.79 Å². The summed E-state index contributed by atoms with van der Waals surface area (Å²) in [6.07, 6.45) is 12.3. The lowest BCUT2D eigenvalue weighted by atomic mass is 9.87. The average molecular weight is 453 g/mol. The molecule has 0 aliphatic carbocycles. The molecule has 1 aliphatic heterocycles. The molecule has 9 heteroatoms. The molecule has 9 nitrogen and oxygen atoms in total. The van der Waals surface area contributed by atoms with Gasteiger partial charge in [0.05, 0.1) is 35.4 Å². The van der Waals surface area contributed by atoms with E-state index >= 15 is 0 Å². The zero-order valence-corrected chi connectivity index (χ0v) is 18.8. The quantitative estimate of drug-likeness (QED) is 0.465. The molecule has 0 radical (unpaired) electrons. The van der Waals surface area contributed by atoms with E-state index in [1.807, 2.05) is 36.2 Å². The summed E-state index contributed by atoms with van der Waals surface area (Å²) in [6.45, 7) is 5.18. The van der Waals surface area contributed by atoms with Crippen LogP contribution in [0.15, 0.2) is 61.8 Å². The third-order valence-corrected chi connectivity index (χ3v) is 6.28. The summed E-state index contributed by atoms with van der Waals surface area (Å²) >= 11 is 0. The van der Waals surface area contributed by atoms with E-state index in [4.69, 9.17) is 0 Å². The maximum Gasteiger partial charge on any atom is 0.248 e. The molecule has 0 atom stereocenters. The molecule has 1 aliphatic rings. The van der Waals surface area contributed by atoms with Crippen LogP contribution in [-0.4, -0.2) is 43.4 Å². The number of nitrogens with one attached hydrogen (secondary N) is 1. The van der Waals surface area contributed by atoms with Crippen molar-refractivity contribution in [2.45, 2.75) is 18.8 Å². The molecule has 0 unspecified atom stereocenters. The van der Waals surface area contributed by atoms with Crippen molar-refractivity contribution in [1.82, 2.24) is 24.4 Å². The highest BCUT2D eigenvalue weighted by Gasteiger charge is 2.25. The first-order valence-electron chi connectivity index (χ1n) is 11.1. The summed E-state index contributed by atoms with van der Waals surface area (Å²) in [6, 6.07) is 8.26. The number of fused-ring (bicyclic) bond motifs is 1. The molecule has 5 heterocycles. The van der Waals surface area contributed by atoms with Gasteiger partial charge in [-0.1, -0.05) is 6.58 Å². The largest absolute Gasteiger partial charge is 0.370 e. The fourth-order valence-electron chi connectivity index (χ4n) is 4.55. The molecule has 0 bridgehead atoms. The lowest BCUT2D eigenvalue weighted by molar-refractivity contribution is -0.111. The lowest BCUT2D eigenvalue weighted by Crippen LogP contribution is -2.33. The second-order valence-corrected chi connectivity index (χ2v) is 8.41. The van der Waals surface area contributed by atoms with E-state index in [1.54, 1.807) is 23.1 Å². The molecule has 170 valence electrons. The molecule has 1 fully saturated rings. The van der Waals surface area contributed by atoms with Crippen LogP contribution in [-0.2, 0) is 11.8 Å². The van der Waals surface area contributed by atoms with E-state index in [9.17, 15) is 10.1 Å². The summed E-state index contributed by atoms with van der Waals surface area (Å²) in [5.74, 6) is 0.527. The van der Waals surface area contributed by atoms with E-state index < -0.39 is 0 Å². The van der Waals surface area contributed by atoms with Crippen molar-refractivity contribution in [2.24, 2.45) is 7.05 Å². The number of aryl methyl sites for hydroxylation is 1. The van der Waals surface area contributed by atoms with Crippen molar-refractivity contribution >= 4 is 22.9 Å². The molecule has 0 spiro atoms. The van der Waals surface area contributed by atoms with Crippen LogP contribution >= 0.6 is 0 Å². The van der Waals surface area contributed by atoms with E-state index in [1.165, 1.54) is 6.08 Å². The van der Waals surface area contributed by atoms with Gasteiger partial charge in [-0.25, -0.2) is 9.50 Å². The van der Waals surface area contributed by atoms with Gasteiger partial charge in [-0.3, -0.25) is 9.48 Å². The van der Waals surface area contributed by atoms with Crippen LogP contribution in [0.5, 0.6) is 0 Å². The number of hydrogen-bond acceptors (Lipinski definition) is 6. The van der Waals surface area contributed by atoms with Crippen LogP contribution in [0.4, 0.5) is 11.5 Å². The number of hydrogen-bond donors (Lipinski definition) is 1. The second kappa shape index (κ2) is 8.83. The Morgan fingerprint density at radius 3 is 2.65 bits per heavy atom. The normalized spacial score (nSPS) is 14.2. The Morgan fingerprint density at radius 1 is 1.18 bits per heavy atom. The Morgan fingerprint density at radius 2 is 2.00 bits per heavy atom. The summed E-state index contributed by atoms with van der Waals surface area (Å²) < 4.78 is 3.60. The third-order valence-electron chi connectivity index (χ3n) is 6.28. The van der Waals surface area contributed by atoms with Crippen molar-refractivity contribution in [1.29, 1.82) is 5.26 Å². The Balaban J connectivity index is 1.39. The van der Waals surface area contributed by atoms with Gasteiger partial charge in [-0.15, -0.1) is 0 Å². The van der Waals surface area contributed by atoms with Crippen molar-refractivity contribution in [2.75, 3.05) is 23.3 Å². The number of anilines is 2. The molecule has 1 amide bonds. The highest BCUT2D eigenvalue weighted by atomic mass is 16.1. The van der Waals surface area contributed by atoms with Crippen molar-refractivity contribution in [3.8, 4) is 17.2 Å². The number of carbonyl (C=O) groups excluding carboxylic acids is 1. The molecule has 0 saturated carbocycles. The molecule has 1 saturated heterocycles. The second-order valence-electron chi connectivity index (χ2n) is 8.41. The van der Waals surface area contributed by atoms with Gasteiger partial charge in [0.15, 0.2) is 0 Å². The van der Waals surface area contributed by atoms with Crippen LogP contribution in [0.1, 0.15) is 29.9 Å². The summed E-state index contributed by atoms with van der Waals surface area (Å²) in [4.78, 5) is 18.1. The summed E-state index contributed by atoms with van der Waals surface area (Å²) in [5.41, 5.74) is 5.70. The molecule has 4 aromatic rings. The minimum Gasteiger partial charge on any atom is -0.370 e. The fourth-order valence-corrected chi connectivity index (χ4v) is 4.55. The minimum atomic E-state index is -0.280. The van der Waals surface area contributed by atoms with Gasteiger partial charge < -0.3 is 10.2 Å². The number of rotatable bonds is 5. The molecule has 1 N–H and O–H groups in total. The zero-order valence-electron chi connectivity index (χ0n) is 18.8. The maximum atomic E-state index is 11.5. The first-order chi connectivity index (χ1) is 16.6. The summed E-state index contributed by atoms with van der Waals surface area (Å²) in [7, 11) is 1.90. The standard InChI is InChI=1S/C25H24N8O/c1-3-24(34)30-23-5-4-21(14-27-23)32-8-6-17(7-9-32)22-10-18(20-13-28-31(2)15-20)16-33-25(22)19(11-26)12-29-33/h3-5,10,12-17H,1,6-9H2,2H3,(H,27,30,34). The average Bonchev–Trinajstić information content (AvgIpc) is 3.50. The Kier molecular flexibility index (Phi) is 5.55. The van der Waals surface area contributed by atoms with E-state index in [2.05, 4.69) is 44.1 Å². The van der Waals surface area contributed by atoms with Gasteiger partial charge in [0.1, 0.15) is 11.9 Å². The smallest absolute Gasteiger partial charge is 0.248 e. The highest BCUT2D eigenvalue weighted by molar-refractivity contribution is 5.98. The SMILES string of the molecule is C=CC(=O)Nc1ccc(N2CCC(c3cc(-c4cnn(C)c4)cn4ncc(C#N)c34)CC2)cn1. The molecule has 4 aromatic heterocycles. The zero-order chi connectivity index (χ0) is 23.7. The fraction of sp³-hybridized carbons (Fsp3) is 0.240. The Bertz CT molecular complexity index is 1400. The predicted octanol–water partition coefficient (Wildman–Crippen LogP) is 3.51. The van der Waals surface area contributed by atoms with Crippen LogP contribution in [0.25, 0.3) is 16.6 Å². The Hall–Kier alpha value is -4.45. The van der Waals surface area contributed by atoms with Gasteiger partial charge in [0, 0.05) is 43.7 Å². The third kappa shape index (κ3) is 4.01. The van der Waals surface area contributed by atoms with Crippen LogP contribution in [0.2, 0.25) is 0 Å². The van der Waals surface area contributed by atoms with Gasteiger partial charge >= 0.3 is 0 Å².